The first kappa shape index (κ1) is 26.1. The van der Waals surface area contributed by atoms with E-state index in [0.29, 0.717) is 51.2 Å². The zero-order chi connectivity index (χ0) is 24.8. The lowest BCUT2D eigenvalue weighted by atomic mass is 9.72. The first-order valence-electron chi connectivity index (χ1n) is 11.9. The van der Waals surface area contributed by atoms with Gasteiger partial charge in [0.1, 0.15) is 5.75 Å². The average Bonchev–Trinajstić information content (AvgIpc) is 2.80. The normalized spacial score (nSPS) is 19.4. The molecule has 1 N–H and O–H groups in total. The molecule has 0 aromatic heterocycles. The highest BCUT2D eigenvalue weighted by molar-refractivity contribution is 5.85. The van der Waals surface area contributed by atoms with Gasteiger partial charge in [0.05, 0.1) is 18.1 Å². The number of ether oxygens (including phenoxy) is 2. The Morgan fingerprint density at radius 3 is 2.18 bits per heavy atom. The van der Waals surface area contributed by atoms with E-state index in [1.165, 1.54) is 24.3 Å². The van der Waals surface area contributed by atoms with Crippen molar-refractivity contribution in [3.8, 4) is 5.75 Å². The molecule has 1 aliphatic heterocycles. The summed E-state index contributed by atoms with van der Waals surface area (Å²) in [4.78, 5) is 29.0. The summed E-state index contributed by atoms with van der Waals surface area (Å²) in [5.41, 5.74) is -0.830. The molecular formula is C24H33F3N2O5. The molecule has 190 valence electrons. The van der Waals surface area contributed by atoms with Crippen LogP contribution in [0.5, 0.6) is 5.75 Å². The van der Waals surface area contributed by atoms with Gasteiger partial charge in [-0.05, 0) is 37.0 Å². The number of carbonyl (C=O) groups excluding carboxylic acids is 2. The molecule has 10 heteroatoms. The van der Waals surface area contributed by atoms with Gasteiger partial charge in [0.25, 0.3) is 0 Å². The highest BCUT2D eigenvalue weighted by atomic mass is 19.4. The van der Waals surface area contributed by atoms with E-state index in [2.05, 4.69) is 4.74 Å². The van der Waals surface area contributed by atoms with Crippen molar-refractivity contribution in [3.63, 3.8) is 0 Å². The van der Waals surface area contributed by atoms with Gasteiger partial charge in [-0.1, -0.05) is 44.7 Å². The van der Waals surface area contributed by atoms with Crippen LogP contribution in [0.2, 0.25) is 0 Å². The van der Waals surface area contributed by atoms with Crippen LogP contribution in [0.4, 0.5) is 18.0 Å². The van der Waals surface area contributed by atoms with Crippen molar-refractivity contribution in [1.82, 2.24) is 9.80 Å². The Balaban J connectivity index is 1.73. The third-order valence-electron chi connectivity index (χ3n) is 6.52. The third kappa shape index (κ3) is 6.77. The predicted molar refractivity (Wildman–Crippen MR) is 118 cm³/mol. The van der Waals surface area contributed by atoms with E-state index in [0.717, 1.165) is 32.1 Å². The van der Waals surface area contributed by atoms with Crippen LogP contribution in [0.3, 0.4) is 0 Å². The van der Waals surface area contributed by atoms with E-state index in [-0.39, 0.29) is 11.7 Å². The van der Waals surface area contributed by atoms with Gasteiger partial charge in [-0.2, -0.15) is 0 Å². The van der Waals surface area contributed by atoms with Gasteiger partial charge in [0.15, 0.2) is 0 Å². The number of aliphatic hydroxyl groups is 1. The number of hydrogen-bond acceptors (Lipinski definition) is 5. The quantitative estimate of drug-likeness (QED) is 0.577. The van der Waals surface area contributed by atoms with Crippen LogP contribution in [-0.4, -0.2) is 71.7 Å². The fourth-order valence-electron chi connectivity index (χ4n) is 4.68. The summed E-state index contributed by atoms with van der Waals surface area (Å²) in [7, 11) is 0. The monoisotopic (exact) mass is 486 g/mol. The first-order valence-corrected chi connectivity index (χ1v) is 11.9. The number of carbonyl (C=O) groups is 2. The zero-order valence-corrected chi connectivity index (χ0v) is 19.5. The summed E-state index contributed by atoms with van der Waals surface area (Å²) in [6.45, 7) is 3.59. The molecule has 1 unspecified atom stereocenters. The summed E-state index contributed by atoms with van der Waals surface area (Å²) in [5.74, 6) is -1.57. The largest absolute Gasteiger partial charge is 0.573 e. The highest BCUT2D eigenvalue weighted by Gasteiger charge is 2.45. The summed E-state index contributed by atoms with van der Waals surface area (Å²) >= 11 is 0. The van der Waals surface area contributed by atoms with Gasteiger partial charge in [0, 0.05) is 26.2 Å². The maximum absolute atomic E-state index is 13.6. The van der Waals surface area contributed by atoms with Crippen molar-refractivity contribution in [2.45, 2.75) is 69.8 Å². The van der Waals surface area contributed by atoms with Crippen LogP contribution >= 0.6 is 0 Å². The molecule has 2 fully saturated rings. The molecule has 0 radical (unpaired) electrons. The lowest BCUT2D eigenvalue weighted by Gasteiger charge is -2.42. The highest BCUT2D eigenvalue weighted by Crippen LogP contribution is 2.41. The Hall–Kier alpha value is -2.49. The van der Waals surface area contributed by atoms with Gasteiger partial charge < -0.3 is 24.4 Å². The molecule has 2 aliphatic rings. The first-order chi connectivity index (χ1) is 16.1. The van der Waals surface area contributed by atoms with E-state index >= 15 is 0 Å². The number of piperazine rings is 1. The third-order valence-corrected chi connectivity index (χ3v) is 6.52. The van der Waals surface area contributed by atoms with E-state index in [1.54, 1.807) is 9.80 Å². The van der Waals surface area contributed by atoms with Gasteiger partial charge in [-0.15, -0.1) is 13.2 Å². The summed E-state index contributed by atoms with van der Waals surface area (Å²) < 4.78 is 46.8. The Bertz CT molecular complexity index is 817. The fourth-order valence-corrected chi connectivity index (χ4v) is 4.68. The number of halogens is 3. The topological polar surface area (TPSA) is 79.3 Å². The maximum Gasteiger partial charge on any atom is 0.573 e. The smallest absolute Gasteiger partial charge is 0.449 e. The van der Waals surface area contributed by atoms with Gasteiger partial charge >= 0.3 is 12.5 Å². The lowest BCUT2D eigenvalue weighted by Crippen LogP contribution is -2.55. The Labute approximate surface area is 197 Å². The molecular weight excluding hydrogens is 453 g/mol. The average molecular weight is 487 g/mol. The standard InChI is InChI=1S/C24H33F3N2O5/c1-2-3-17-33-22(31)29-15-13-28(14-16-29)21(30)20(23(32)11-5-4-6-12-23)18-7-9-19(10-8-18)34-24(25,26)27/h7-10,20,32H,2-6,11-17H2,1H3. The molecule has 3 rings (SSSR count). The molecule has 1 saturated heterocycles. The molecule has 7 nitrogen and oxygen atoms in total. The van der Waals surface area contributed by atoms with E-state index in [1.807, 2.05) is 6.92 Å². The van der Waals surface area contributed by atoms with Crippen LogP contribution in [0.1, 0.15) is 63.4 Å². The Morgan fingerprint density at radius 2 is 1.62 bits per heavy atom. The maximum atomic E-state index is 13.6. The minimum Gasteiger partial charge on any atom is -0.449 e. The molecule has 2 amide bonds. The van der Waals surface area contributed by atoms with E-state index < -0.39 is 24.0 Å². The lowest BCUT2D eigenvalue weighted by molar-refractivity contribution is -0.274. The summed E-state index contributed by atoms with van der Waals surface area (Å²) in [5, 5.41) is 11.5. The number of benzene rings is 1. The van der Waals surface area contributed by atoms with Crippen LogP contribution in [0, 0.1) is 0 Å². The number of amides is 2. The van der Waals surface area contributed by atoms with Crippen molar-refractivity contribution in [2.75, 3.05) is 32.8 Å². The second-order valence-corrected chi connectivity index (χ2v) is 8.99. The number of hydrogen-bond donors (Lipinski definition) is 1. The molecule has 1 aliphatic carbocycles. The number of alkyl halides is 3. The van der Waals surface area contributed by atoms with Crippen molar-refractivity contribution in [3.05, 3.63) is 29.8 Å². The molecule has 1 aromatic rings. The molecule has 34 heavy (non-hydrogen) atoms. The van der Waals surface area contributed by atoms with Crippen LogP contribution in [0.25, 0.3) is 0 Å². The molecule has 1 aromatic carbocycles. The van der Waals surface area contributed by atoms with Crippen LogP contribution < -0.4 is 4.74 Å². The molecule has 1 saturated carbocycles. The number of unbranched alkanes of at least 4 members (excludes halogenated alkanes) is 1. The minimum atomic E-state index is -4.81. The van der Waals surface area contributed by atoms with Gasteiger partial charge in [-0.3, -0.25) is 4.79 Å². The van der Waals surface area contributed by atoms with Crippen molar-refractivity contribution in [1.29, 1.82) is 0 Å². The molecule has 0 bridgehead atoms. The molecule has 1 heterocycles. The van der Waals surface area contributed by atoms with Crippen LogP contribution in [0.15, 0.2) is 24.3 Å². The van der Waals surface area contributed by atoms with Crippen molar-refractivity contribution >= 4 is 12.0 Å². The number of nitrogens with zero attached hydrogens (tertiary/aromatic N) is 2. The van der Waals surface area contributed by atoms with Gasteiger partial charge in [-0.25, -0.2) is 4.79 Å². The number of rotatable bonds is 7. The van der Waals surface area contributed by atoms with E-state index in [9.17, 15) is 27.9 Å². The predicted octanol–water partition coefficient (Wildman–Crippen LogP) is 4.44. The summed E-state index contributed by atoms with van der Waals surface area (Å²) in [6, 6.07) is 5.16. The molecule has 1 atom stereocenters. The Kier molecular flexibility index (Phi) is 8.67. The Morgan fingerprint density at radius 1 is 1.03 bits per heavy atom. The SMILES string of the molecule is CCCCOC(=O)N1CCN(C(=O)C(c2ccc(OC(F)(F)F)cc2)C2(O)CCCCC2)CC1. The van der Waals surface area contributed by atoms with Crippen molar-refractivity contribution < 1.29 is 37.3 Å². The fraction of sp³-hybridized carbons (Fsp3) is 0.667. The van der Waals surface area contributed by atoms with Crippen molar-refractivity contribution in [2.24, 2.45) is 0 Å². The van der Waals surface area contributed by atoms with Gasteiger partial charge in [0.2, 0.25) is 5.91 Å². The van der Waals surface area contributed by atoms with E-state index in [4.69, 9.17) is 4.74 Å². The summed E-state index contributed by atoms with van der Waals surface area (Å²) in [6.07, 6.45) is -0.124. The second kappa shape index (κ2) is 11.3. The second-order valence-electron chi connectivity index (χ2n) is 8.99. The zero-order valence-electron chi connectivity index (χ0n) is 19.5. The minimum absolute atomic E-state index is 0.284. The molecule has 0 spiro atoms. The van der Waals surface area contributed by atoms with Crippen LogP contribution in [-0.2, 0) is 9.53 Å².